The highest BCUT2D eigenvalue weighted by Gasteiger charge is 2.58. The Labute approximate surface area is 234 Å². The Bertz CT molecular complexity index is 867. The highest BCUT2D eigenvalue weighted by molar-refractivity contribution is 6.45. The smallest absolute Gasteiger partial charge is 0.457 e. The van der Waals surface area contributed by atoms with Crippen LogP contribution in [-0.2, 0) is 28.4 Å². The van der Waals surface area contributed by atoms with Crippen molar-refractivity contribution in [2.75, 3.05) is 19.6 Å². The third-order valence-corrected chi connectivity index (χ3v) is 7.41. The third-order valence-electron chi connectivity index (χ3n) is 7.41. The van der Waals surface area contributed by atoms with Gasteiger partial charge in [0.1, 0.15) is 16.7 Å². The van der Waals surface area contributed by atoms with Gasteiger partial charge in [-0.2, -0.15) is 0 Å². The molecular formula is C27H50BN3O8. The number of esters is 1. The molecule has 2 fully saturated rings. The van der Waals surface area contributed by atoms with Crippen molar-refractivity contribution in [1.82, 2.24) is 15.8 Å². The second-order valence-corrected chi connectivity index (χ2v) is 13.5. The van der Waals surface area contributed by atoms with Crippen molar-refractivity contribution < 1.29 is 38.3 Å². The molecule has 224 valence electrons. The number of aliphatic carboxylic acids is 1. The van der Waals surface area contributed by atoms with Gasteiger partial charge in [-0.1, -0.05) is 12.8 Å². The summed E-state index contributed by atoms with van der Waals surface area (Å²) in [6.07, 6.45) is 1.85. The second-order valence-electron chi connectivity index (χ2n) is 13.5. The van der Waals surface area contributed by atoms with Crippen molar-refractivity contribution in [2.24, 2.45) is 5.92 Å². The number of carbonyl (C=O) groups excluding carboxylic acids is 2. The zero-order valence-corrected chi connectivity index (χ0v) is 25.6. The molecule has 0 aromatic carbocycles. The van der Waals surface area contributed by atoms with E-state index in [9.17, 15) is 19.5 Å². The number of carbonyl (C=O) groups is 3. The van der Waals surface area contributed by atoms with E-state index in [1.54, 1.807) is 46.6 Å². The van der Waals surface area contributed by atoms with E-state index in [0.29, 0.717) is 32.1 Å². The van der Waals surface area contributed by atoms with Crippen molar-refractivity contribution in [3.63, 3.8) is 0 Å². The molecule has 1 amide bonds. The van der Waals surface area contributed by atoms with Crippen LogP contribution in [0.5, 0.6) is 0 Å². The second kappa shape index (κ2) is 12.3. The van der Waals surface area contributed by atoms with Gasteiger partial charge in [-0.3, -0.25) is 15.0 Å². The summed E-state index contributed by atoms with van der Waals surface area (Å²) in [5.41, 5.74) is -0.565. The van der Waals surface area contributed by atoms with Crippen LogP contribution in [0.2, 0.25) is 6.32 Å². The van der Waals surface area contributed by atoms with Gasteiger partial charge < -0.3 is 29.2 Å². The molecule has 0 bridgehead atoms. The van der Waals surface area contributed by atoms with Gasteiger partial charge in [0.15, 0.2) is 0 Å². The van der Waals surface area contributed by atoms with Crippen LogP contribution in [0, 0.1) is 5.92 Å². The Kier molecular flexibility index (Phi) is 10.5. The van der Waals surface area contributed by atoms with Gasteiger partial charge in [0, 0.05) is 19.6 Å². The Hall–Kier alpha value is -1.89. The van der Waals surface area contributed by atoms with Crippen LogP contribution in [0.3, 0.4) is 0 Å². The summed E-state index contributed by atoms with van der Waals surface area (Å²) in [5.74, 6) is -2.46. The highest BCUT2D eigenvalue weighted by Crippen LogP contribution is 2.41. The predicted molar refractivity (Wildman–Crippen MR) is 148 cm³/mol. The van der Waals surface area contributed by atoms with E-state index in [0.717, 1.165) is 0 Å². The van der Waals surface area contributed by atoms with E-state index in [-0.39, 0.29) is 26.6 Å². The fourth-order valence-electron chi connectivity index (χ4n) is 4.93. The lowest BCUT2D eigenvalue weighted by molar-refractivity contribution is -0.173. The van der Waals surface area contributed by atoms with E-state index < -0.39 is 51.9 Å². The highest BCUT2D eigenvalue weighted by atomic mass is 16.7. The first kappa shape index (κ1) is 33.3. The van der Waals surface area contributed by atoms with Crippen LogP contribution in [0.4, 0.5) is 4.79 Å². The minimum atomic E-state index is -1.50. The van der Waals surface area contributed by atoms with Gasteiger partial charge >= 0.3 is 25.2 Å². The zero-order chi connectivity index (χ0) is 29.9. The Morgan fingerprint density at radius 3 is 2.03 bits per heavy atom. The van der Waals surface area contributed by atoms with Crippen molar-refractivity contribution >= 4 is 25.2 Å². The number of nitrogens with zero attached hydrogens (tertiary/aromatic N) is 1. The quantitative estimate of drug-likeness (QED) is 0.196. The average Bonchev–Trinajstić information content (AvgIpc) is 3.20. The summed E-state index contributed by atoms with van der Waals surface area (Å²) in [7, 11) is -0.367. The molecular weight excluding hydrogens is 505 g/mol. The molecule has 11 nitrogen and oxygen atoms in total. The van der Waals surface area contributed by atoms with Gasteiger partial charge in [0.2, 0.25) is 0 Å². The van der Waals surface area contributed by atoms with Crippen LogP contribution >= 0.6 is 0 Å². The molecule has 2 saturated heterocycles. The molecule has 0 spiro atoms. The predicted octanol–water partition coefficient (Wildman–Crippen LogP) is 3.77. The third kappa shape index (κ3) is 8.80. The van der Waals surface area contributed by atoms with E-state index >= 15 is 0 Å². The fourth-order valence-corrected chi connectivity index (χ4v) is 4.93. The maximum absolute atomic E-state index is 13.2. The summed E-state index contributed by atoms with van der Waals surface area (Å²) in [6.45, 7) is 19.5. The largest absolute Gasteiger partial charge is 0.480 e. The summed E-state index contributed by atoms with van der Waals surface area (Å²) in [6, 6.07) is 0. The molecule has 3 N–H and O–H groups in total. The number of carboxylic acid groups (broad SMARTS) is 1. The van der Waals surface area contributed by atoms with Crippen molar-refractivity contribution in [2.45, 2.75) is 129 Å². The lowest BCUT2D eigenvalue weighted by atomic mass is 9.77. The number of alkyl carbamates (subject to hydrolysis) is 1. The lowest BCUT2D eigenvalue weighted by Crippen LogP contribution is -2.61. The van der Waals surface area contributed by atoms with Crippen LogP contribution in [0.15, 0.2) is 0 Å². The van der Waals surface area contributed by atoms with Crippen molar-refractivity contribution in [3.8, 4) is 0 Å². The number of ether oxygens (including phenoxy) is 2. The molecule has 2 aliphatic heterocycles. The zero-order valence-electron chi connectivity index (χ0n) is 25.6. The molecule has 2 atom stereocenters. The number of unbranched alkanes of at least 4 members (excludes halogenated alkanes) is 1. The number of rotatable bonds is 11. The molecule has 0 aliphatic carbocycles. The monoisotopic (exact) mass is 555 g/mol. The number of hydrogen-bond acceptors (Lipinski definition) is 9. The van der Waals surface area contributed by atoms with E-state index in [1.807, 2.05) is 27.7 Å². The van der Waals surface area contributed by atoms with Crippen LogP contribution in [0.1, 0.15) is 94.9 Å². The molecule has 0 radical (unpaired) electrons. The van der Waals surface area contributed by atoms with Gasteiger partial charge in [-0.25, -0.2) is 9.80 Å². The Morgan fingerprint density at radius 2 is 1.51 bits per heavy atom. The first-order chi connectivity index (χ1) is 17.7. The molecule has 2 aliphatic rings. The van der Waals surface area contributed by atoms with Gasteiger partial charge in [0.25, 0.3) is 0 Å². The summed E-state index contributed by atoms with van der Waals surface area (Å²) in [4.78, 5) is 38.1. The average molecular weight is 556 g/mol. The number of amides is 1. The molecule has 2 unspecified atom stereocenters. The van der Waals surface area contributed by atoms with E-state index in [4.69, 9.17) is 18.8 Å². The lowest BCUT2D eigenvalue weighted by Gasteiger charge is -2.39. The fraction of sp³-hybridized carbons (Fsp3) is 0.889. The topological polar surface area (TPSA) is 136 Å². The summed E-state index contributed by atoms with van der Waals surface area (Å²) >= 11 is 0. The SMILES string of the molecule is CC(C)(C)OC(=O)NCCNN1CCC(C(=O)OC(C)(C)C)C1(CCCCB1OC(C)(C)C(C)(C)O1)C(=O)O. The molecule has 2 rings (SSSR count). The molecule has 0 aromatic rings. The standard InChI is InChI=1S/C27H50BN3O8/c1-23(2,3)36-20(32)19-13-18-31(30-17-16-29-22(35)37-24(4,5)6)27(19,21(33)34)14-11-12-15-28-38-25(7,8)26(9,10)39-28/h19,30H,11-18H2,1-10H3,(H,29,35)(H,33,34). The summed E-state index contributed by atoms with van der Waals surface area (Å²) < 4.78 is 23.0. The minimum Gasteiger partial charge on any atom is -0.480 e. The van der Waals surface area contributed by atoms with Gasteiger partial charge in [-0.05, 0) is 88.4 Å². The van der Waals surface area contributed by atoms with Crippen LogP contribution in [-0.4, -0.2) is 82.8 Å². The van der Waals surface area contributed by atoms with Gasteiger partial charge in [0.05, 0.1) is 17.1 Å². The molecule has 2 heterocycles. The van der Waals surface area contributed by atoms with Crippen LogP contribution in [0.25, 0.3) is 0 Å². The van der Waals surface area contributed by atoms with Gasteiger partial charge in [-0.15, -0.1) is 0 Å². The maximum atomic E-state index is 13.2. The molecule has 0 saturated carbocycles. The van der Waals surface area contributed by atoms with Crippen LogP contribution < -0.4 is 10.7 Å². The number of carboxylic acids is 1. The minimum absolute atomic E-state index is 0.222. The van der Waals surface area contributed by atoms with E-state index in [2.05, 4.69) is 10.7 Å². The molecule has 12 heteroatoms. The van der Waals surface area contributed by atoms with E-state index in [1.165, 1.54) is 0 Å². The van der Waals surface area contributed by atoms with Crippen molar-refractivity contribution in [3.05, 3.63) is 0 Å². The molecule has 39 heavy (non-hydrogen) atoms. The molecule has 0 aromatic heterocycles. The number of hydrazine groups is 1. The maximum Gasteiger partial charge on any atom is 0.457 e. The Morgan fingerprint density at radius 1 is 0.949 bits per heavy atom. The Balaban J connectivity index is 2.09. The number of nitrogens with one attached hydrogen (secondary N) is 2. The first-order valence-electron chi connectivity index (χ1n) is 14.0. The van der Waals surface area contributed by atoms with Crippen molar-refractivity contribution in [1.29, 1.82) is 0 Å². The first-order valence-corrected chi connectivity index (χ1v) is 14.0. The normalized spacial score (nSPS) is 25.0. The summed E-state index contributed by atoms with van der Waals surface area (Å²) in [5, 5.41) is 14.8. The number of hydrogen-bond donors (Lipinski definition) is 3.